The lowest BCUT2D eigenvalue weighted by molar-refractivity contribution is -0.127. The molecule has 0 aliphatic carbocycles. The fourth-order valence-corrected chi connectivity index (χ4v) is 4.76. The van der Waals surface area contributed by atoms with Crippen LogP contribution in [-0.2, 0) is 9.59 Å². The van der Waals surface area contributed by atoms with Crippen molar-refractivity contribution < 1.29 is 9.59 Å². The number of benzene rings is 1. The summed E-state index contributed by atoms with van der Waals surface area (Å²) in [6, 6.07) is 7.76. The van der Waals surface area contributed by atoms with Crippen molar-refractivity contribution in [2.45, 2.75) is 64.1 Å². The first-order chi connectivity index (χ1) is 12.0. The van der Waals surface area contributed by atoms with Gasteiger partial charge in [-0.15, -0.1) is 0 Å². The number of nitrogens with one attached hydrogen (secondary N) is 2. The molecule has 0 unspecified atom stereocenters. The molecule has 1 aromatic carbocycles. The van der Waals surface area contributed by atoms with Crippen molar-refractivity contribution in [2.24, 2.45) is 5.92 Å². The number of hydrogen-bond acceptors (Lipinski definition) is 3. The molecule has 2 heterocycles. The molecule has 2 aliphatic heterocycles. The van der Waals surface area contributed by atoms with Crippen LogP contribution in [0.5, 0.6) is 0 Å². The van der Waals surface area contributed by atoms with Crippen molar-refractivity contribution in [2.75, 3.05) is 11.4 Å². The second-order valence-electron chi connectivity index (χ2n) is 8.89. The lowest BCUT2D eigenvalue weighted by atomic mass is 9.79. The van der Waals surface area contributed by atoms with Gasteiger partial charge in [-0.1, -0.05) is 15.9 Å². The second kappa shape index (κ2) is 6.97. The van der Waals surface area contributed by atoms with Gasteiger partial charge >= 0.3 is 0 Å². The van der Waals surface area contributed by atoms with E-state index in [2.05, 4.69) is 54.3 Å². The molecule has 0 bridgehead atoms. The van der Waals surface area contributed by atoms with E-state index in [9.17, 15) is 9.59 Å². The van der Waals surface area contributed by atoms with E-state index in [4.69, 9.17) is 0 Å². The molecule has 26 heavy (non-hydrogen) atoms. The van der Waals surface area contributed by atoms with E-state index < -0.39 is 0 Å². The molecule has 0 spiro atoms. The fourth-order valence-electron chi connectivity index (χ4n) is 4.50. The Balaban J connectivity index is 1.64. The first-order valence-electron chi connectivity index (χ1n) is 9.20. The van der Waals surface area contributed by atoms with Crippen LogP contribution in [0.15, 0.2) is 28.7 Å². The molecule has 1 aromatic rings. The molecular formula is C20H28BrN3O2. The van der Waals surface area contributed by atoms with E-state index in [1.807, 2.05) is 24.3 Å². The Morgan fingerprint density at radius 1 is 1.15 bits per heavy atom. The third-order valence-corrected chi connectivity index (χ3v) is 5.70. The topological polar surface area (TPSA) is 61.4 Å². The normalized spacial score (nSPS) is 25.3. The third-order valence-electron chi connectivity index (χ3n) is 5.17. The quantitative estimate of drug-likeness (QED) is 0.787. The monoisotopic (exact) mass is 421 g/mol. The molecular weight excluding hydrogens is 394 g/mol. The molecule has 1 atom stereocenters. The number of hydrogen-bond donors (Lipinski definition) is 2. The van der Waals surface area contributed by atoms with Gasteiger partial charge in [0.15, 0.2) is 0 Å². The number of halogens is 1. The van der Waals surface area contributed by atoms with Crippen molar-refractivity contribution in [3.05, 3.63) is 28.7 Å². The van der Waals surface area contributed by atoms with Crippen LogP contribution in [0.4, 0.5) is 5.69 Å². The van der Waals surface area contributed by atoms with Crippen molar-refractivity contribution in [3.63, 3.8) is 0 Å². The van der Waals surface area contributed by atoms with Gasteiger partial charge in [0.2, 0.25) is 11.8 Å². The number of piperidine rings is 1. The summed E-state index contributed by atoms with van der Waals surface area (Å²) in [5.41, 5.74) is 0.807. The van der Waals surface area contributed by atoms with Crippen molar-refractivity contribution in [1.82, 2.24) is 10.6 Å². The van der Waals surface area contributed by atoms with Crippen LogP contribution < -0.4 is 15.5 Å². The van der Waals surface area contributed by atoms with E-state index in [0.717, 1.165) is 23.0 Å². The second-order valence-corrected chi connectivity index (χ2v) is 9.80. The van der Waals surface area contributed by atoms with E-state index >= 15 is 0 Å². The maximum absolute atomic E-state index is 12.8. The molecule has 2 aliphatic rings. The summed E-state index contributed by atoms with van der Waals surface area (Å²) in [6.07, 6.45) is 2.05. The predicted molar refractivity (Wildman–Crippen MR) is 107 cm³/mol. The number of nitrogens with zero attached hydrogens (tertiary/aromatic N) is 1. The molecule has 0 radical (unpaired) electrons. The van der Waals surface area contributed by atoms with E-state index in [0.29, 0.717) is 6.54 Å². The van der Waals surface area contributed by atoms with Gasteiger partial charge in [-0.3, -0.25) is 9.59 Å². The predicted octanol–water partition coefficient (Wildman–Crippen LogP) is 3.23. The minimum atomic E-state index is -0.285. The number of carbonyl (C=O) groups excluding carboxylic acids is 2. The molecule has 2 saturated heterocycles. The van der Waals surface area contributed by atoms with Crippen LogP contribution in [0.1, 0.15) is 47.0 Å². The summed E-state index contributed by atoms with van der Waals surface area (Å²) in [7, 11) is 0. The Bertz CT molecular complexity index is 684. The summed E-state index contributed by atoms with van der Waals surface area (Å²) in [4.78, 5) is 26.9. The highest BCUT2D eigenvalue weighted by Crippen LogP contribution is 2.30. The number of rotatable bonds is 3. The molecule has 0 aromatic heterocycles. The van der Waals surface area contributed by atoms with Crippen LogP contribution in [-0.4, -0.2) is 35.5 Å². The van der Waals surface area contributed by atoms with Gasteiger partial charge in [0.25, 0.3) is 0 Å². The maximum Gasteiger partial charge on any atom is 0.227 e. The van der Waals surface area contributed by atoms with Crippen molar-refractivity contribution in [3.8, 4) is 0 Å². The molecule has 3 rings (SSSR count). The highest BCUT2D eigenvalue weighted by Gasteiger charge is 2.40. The van der Waals surface area contributed by atoms with Gasteiger partial charge in [0.1, 0.15) is 0 Å². The van der Waals surface area contributed by atoms with E-state index in [1.165, 1.54) is 0 Å². The zero-order chi connectivity index (χ0) is 19.1. The SMILES string of the molecule is CC1(C)CC(NC(=O)[C@H]2CC(=O)N(c3ccc(Br)cc3)C2)CC(C)(C)N1. The Kier molecular flexibility index (Phi) is 5.19. The van der Waals surface area contributed by atoms with Crippen LogP contribution in [0.25, 0.3) is 0 Å². The standard InChI is InChI=1S/C20H28BrN3O2/c1-19(2)10-15(11-20(3,4)23-19)22-18(26)13-9-17(25)24(12-13)16-7-5-14(21)6-8-16/h5-8,13,15,23H,9-12H2,1-4H3,(H,22,26)/t13-/m0/s1. The molecule has 0 saturated carbocycles. The average Bonchev–Trinajstić information content (AvgIpc) is 2.87. The van der Waals surface area contributed by atoms with Crippen molar-refractivity contribution in [1.29, 1.82) is 0 Å². The highest BCUT2D eigenvalue weighted by molar-refractivity contribution is 9.10. The lowest BCUT2D eigenvalue weighted by Crippen LogP contribution is -2.62. The molecule has 142 valence electrons. The Hall–Kier alpha value is -1.40. The summed E-state index contributed by atoms with van der Waals surface area (Å²) in [6.45, 7) is 9.12. The highest BCUT2D eigenvalue weighted by atomic mass is 79.9. The van der Waals surface area contributed by atoms with Gasteiger partial charge in [-0.2, -0.15) is 0 Å². The molecule has 2 fully saturated rings. The van der Waals surface area contributed by atoms with Gasteiger partial charge in [-0.25, -0.2) is 0 Å². The van der Waals surface area contributed by atoms with Crippen molar-refractivity contribution >= 4 is 33.4 Å². The van der Waals surface area contributed by atoms with Gasteiger partial charge in [0.05, 0.1) is 5.92 Å². The van der Waals surface area contributed by atoms with Gasteiger partial charge < -0.3 is 15.5 Å². The average molecular weight is 422 g/mol. The zero-order valence-electron chi connectivity index (χ0n) is 15.9. The number of amides is 2. The fraction of sp³-hybridized carbons (Fsp3) is 0.600. The number of carbonyl (C=O) groups is 2. The van der Waals surface area contributed by atoms with Crippen LogP contribution >= 0.6 is 15.9 Å². The van der Waals surface area contributed by atoms with E-state index in [-0.39, 0.29) is 41.3 Å². The molecule has 5 nitrogen and oxygen atoms in total. The first-order valence-corrected chi connectivity index (χ1v) is 10.00. The largest absolute Gasteiger partial charge is 0.353 e. The molecule has 2 N–H and O–H groups in total. The zero-order valence-corrected chi connectivity index (χ0v) is 17.5. The van der Waals surface area contributed by atoms with Crippen LogP contribution in [0.2, 0.25) is 0 Å². The third kappa shape index (κ3) is 4.46. The summed E-state index contributed by atoms with van der Waals surface area (Å²) in [5, 5.41) is 6.84. The van der Waals surface area contributed by atoms with Gasteiger partial charge in [-0.05, 0) is 64.8 Å². The summed E-state index contributed by atoms with van der Waals surface area (Å²) >= 11 is 3.41. The summed E-state index contributed by atoms with van der Waals surface area (Å²) < 4.78 is 0.971. The van der Waals surface area contributed by atoms with Gasteiger partial charge in [0, 0.05) is 40.2 Å². The number of anilines is 1. The Morgan fingerprint density at radius 2 is 1.73 bits per heavy atom. The molecule has 6 heteroatoms. The summed E-state index contributed by atoms with van der Waals surface area (Å²) in [5.74, 6) is -0.276. The smallest absolute Gasteiger partial charge is 0.227 e. The minimum Gasteiger partial charge on any atom is -0.353 e. The Labute approximate surface area is 164 Å². The van der Waals surface area contributed by atoms with Crippen LogP contribution in [0.3, 0.4) is 0 Å². The van der Waals surface area contributed by atoms with Crippen LogP contribution in [0, 0.1) is 5.92 Å². The maximum atomic E-state index is 12.8. The molecule has 2 amide bonds. The lowest BCUT2D eigenvalue weighted by Gasteiger charge is -2.46. The van der Waals surface area contributed by atoms with E-state index in [1.54, 1.807) is 4.90 Å². The first kappa shape index (κ1) is 19.4. The Morgan fingerprint density at radius 3 is 2.31 bits per heavy atom. The minimum absolute atomic E-state index is 0.00328.